The van der Waals surface area contributed by atoms with E-state index in [0.29, 0.717) is 11.9 Å². The minimum Gasteiger partial charge on any atom is -0.300 e. The van der Waals surface area contributed by atoms with Crippen molar-refractivity contribution in [1.82, 2.24) is 24.0 Å². The van der Waals surface area contributed by atoms with E-state index in [1.165, 1.54) is 19.0 Å². The summed E-state index contributed by atoms with van der Waals surface area (Å²) in [6.45, 7) is 6.64. The smallest absolute Gasteiger partial charge is 0.246 e. The maximum absolute atomic E-state index is 13.5. The van der Waals surface area contributed by atoms with Gasteiger partial charge >= 0.3 is 0 Å². The Kier molecular flexibility index (Phi) is 5.19. The van der Waals surface area contributed by atoms with Crippen molar-refractivity contribution in [3.63, 3.8) is 0 Å². The Hall–Kier alpha value is -1.77. The maximum Gasteiger partial charge on any atom is 0.246 e. The molecule has 2 aromatic rings. The molecule has 7 nitrogen and oxygen atoms in total. The summed E-state index contributed by atoms with van der Waals surface area (Å²) >= 11 is 0. The molecule has 0 spiro atoms. The second-order valence-electron chi connectivity index (χ2n) is 9.38. The third kappa shape index (κ3) is 3.59. The van der Waals surface area contributed by atoms with Crippen LogP contribution in [0.3, 0.4) is 0 Å². The Morgan fingerprint density at radius 3 is 2.40 bits per heavy atom. The van der Waals surface area contributed by atoms with Crippen LogP contribution >= 0.6 is 0 Å². The molecule has 0 amide bonds. The predicted molar refractivity (Wildman–Crippen MR) is 115 cm³/mol. The van der Waals surface area contributed by atoms with Gasteiger partial charge in [-0.25, -0.2) is 18.1 Å². The lowest BCUT2D eigenvalue weighted by Crippen LogP contribution is -2.53. The van der Waals surface area contributed by atoms with Gasteiger partial charge in [0.2, 0.25) is 10.0 Å². The number of sulfonamides is 1. The molecular weight excluding hydrogens is 398 g/mol. The first kappa shape index (κ1) is 20.2. The largest absolute Gasteiger partial charge is 0.300 e. The molecule has 8 heteroatoms. The molecule has 0 aromatic carbocycles. The van der Waals surface area contributed by atoms with E-state index in [0.717, 1.165) is 50.3 Å². The summed E-state index contributed by atoms with van der Waals surface area (Å²) in [6.07, 6.45) is 11.2. The van der Waals surface area contributed by atoms with Crippen molar-refractivity contribution in [2.45, 2.75) is 75.4 Å². The van der Waals surface area contributed by atoms with Crippen LogP contribution in [0.1, 0.15) is 51.0 Å². The molecule has 5 rings (SSSR count). The lowest BCUT2D eigenvalue weighted by Gasteiger charge is -2.44. The first-order chi connectivity index (χ1) is 14.4. The molecule has 2 aromatic heterocycles. The summed E-state index contributed by atoms with van der Waals surface area (Å²) in [5, 5.41) is 4.29. The number of fused-ring (bicyclic) bond motifs is 2. The molecule has 0 aliphatic carbocycles. The normalized spacial score (nSPS) is 28.8. The van der Waals surface area contributed by atoms with E-state index in [2.05, 4.69) is 21.9 Å². The highest BCUT2D eigenvalue weighted by atomic mass is 32.2. The Morgan fingerprint density at radius 1 is 1.03 bits per heavy atom. The molecule has 3 aliphatic rings. The van der Waals surface area contributed by atoms with E-state index in [1.807, 2.05) is 19.1 Å². The summed E-state index contributed by atoms with van der Waals surface area (Å²) in [4.78, 5) is 7.21. The lowest BCUT2D eigenvalue weighted by atomic mass is 9.93. The van der Waals surface area contributed by atoms with Gasteiger partial charge in [0.05, 0.1) is 12.4 Å². The second kappa shape index (κ2) is 7.73. The standard InChI is InChI=1S/C22H31N5O2S/c1-16-6-9-25(10-7-16)20-12-18-3-4-19(13-20)27(18)30(28,29)21-14-24-26(15-21)22-11-17(2)5-8-23-22/h5,8,11,14-16,18-20H,3-4,6-7,9-10,12-13H2,1-2H3/t18-,19+,20+. The van der Waals surface area contributed by atoms with Crippen molar-refractivity contribution in [2.24, 2.45) is 5.92 Å². The molecule has 162 valence electrons. The van der Waals surface area contributed by atoms with Gasteiger partial charge in [0.25, 0.3) is 0 Å². The first-order valence-electron chi connectivity index (χ1n) is 11.2. The number of hydrogen-bond acceptors (Lipinski definition) is 5. The third-order valence-electron chi connectivity index (χ3n) is 7.25. The molecule has 0 unspecified atom stereocenters. The number of rotatable bonds is 4. The van der Waals surface area contributed by atoms with Crippen LogP contribution in [0.5, 0.6) is 0 Å². The van der Waals surface area contributed by atoms with E-state index >= 15 is 0 Å². The van der Waals surface area contributed by atoms with Crippen LogP contribution in [0.25, 0.3) is 5.82 Å². The Bertz CT molecular complexity index is 998. The van der Waals surface area contributed by atoms with Gasteiger partial charge in [0.1, 0.15) is 4.90 Å². The second-order valence-corrected chi connectivity index (χ2v) is 11.2. The van der Waals surface area contributed by atoms with Gasteiger partial charge < -0.3 is 4.90 Å². The zero-order chi connectivity index (χ0) is 20.9. The van der Waals surface area contributed by atoms with E-state index in [4.69, 9.17) is 0 Å². The topological polar surface area (TPSA) is 71.3 Å². The van der Waals surface area contributed by atoms with Gasteiger partial charge in [-0.05, 0) is 82.2 Å². The summed E-state index contributed by atoms with van der Waals surface area (Å²) < 4.78 is 30.4. The van der Waals surface area contributed by atoms with Crippen LogP contribution in [0.15, 0.2) is 35.6 Å². The molecule has 30 heavy (non-hydrogen) atoms. The average Bonchev–Trinajstić information content (AvgIpc) is 3.33. The fourth-order valence-corrected chi connectivity index (χ4v) is 7.35. The number of aryl methyl sites for hydroxylation is 1. The zero-order valence-corrected chi connectivity index (χ0v) is 18.6. The van der Waals surface area contributed by atoms with E-state index in [9.17, 15) is 8.42 Å². The molecule has 0 N–H and O–H groups in total. The number of aromatic nitrogens is 3. The lowest BCUT2D eigenvalue weighted by molar-refractivity contribution is 0.0759. The maximum atomic E-state index is 13.5. The molecule has 3 atom stereocenters. The molecule has 0 radical (unpaired) electrons. The number of pyridine rings is 1. The molecular formula is C22H31N5O2S. The Labute approximate surface area is 179 Å². The highest BCUT2D eigenvalue weighted by molar-refractivity contribution is 7.89. The zero-order valence-electron chi connectivity index (χ0n) is 17.8. The van der Waals surface area contributed by atoms with E-state index in [-0.39, 0.29) is 17.0 Å². The van der Waals surface area contributed by atoms with E-state index < -0.39 is 10.0 Å². The first-order valence-corrected chi connectivity index (χ1v) is 12.6. The van der Waals surface area contributed by atoms with Crippen LogP contribution in [0, 0.1) is 12.8 Å². The Balaban J connectivity index is 1.35. The van der Waals surface area contributed by atoms with Gasteiger partial charge in [-0.1, -0.05) is 6.92 Å². The van der Waals surface area contributed by atoms with Crippen LogP contribution in [-0.4, -0.2) is 63.6 Å². The van der Waals surface area contributed by atoms with E-state index in [1.54, 1.807) is 21.4 Å². The van der Waals surface area contributed by atoms with Crippen molar-refractivity contribution in [2.75, 3.05) is 13.1 Å². The van der Waals surface area contributed by atoms with Gasteiger partial charge in [-0.15, -0.1) is 0 Å². The SMILES string of the molecule is Cc1ccnc(-n2cc(S(=O)(=O)N3[C@@H]4CC[C@H]3C[C@@H](N3CCC(C)CC3)C4)cn2)c1. The minimum atomic E-state index is -3.55. The summed E-state index contributed by atoms with van der Waals surface area (Å²) in [5.74, 6) is 1.45. The fourth-order valence-electron chi connectivity index (χ4n) is 5.52. The summed E-state index contributed by atoms with van der Waals surface area (Å²) in [5.41, 5.74) is 1.06. The molecule has 3 saturated heterocycles. The molecule has 2 bridgehead atoms. The van der Waals surface area contributed by atoms with Crippen molar-refractivity contribution in [1.29, 1.82) is 0 Å². The van der Waals surface area contributed by atoms with Gasteiger partial charge in [0.15, 0.2) is 5.82 Å². The van der Waals surface area contributed by atoms with Gasteiger partial charge in [0, 0.05) is 24.3 Å². The van der Waals surface area contributed by atoms with Crippen molar-refractivity contribution >= 4 is 10.0 Å². The van der Waals surface area contributed by atoms with Crippen LogP contribution < -0.4 is 0 Å². The van der Waals surface area contributed by atoms with Crippen LogP contribution in [-0.2, 0) is 10.0 Å². The summed E-state index contributed by atoms with van der Waals surface area (Å²) in [7, 11) is -3.55. The van der Waals surface area contributed by atoms with Crippen LogP contribution in [0.4, 0.5) is 0 Å². The number of nitrogens with zero attached hydrogens (tertiary/aromatic N) is 5. The Morgan fingerprint density at radius 2 is 1.73 bits per heavy atom. The van der Waals surface area contributed by atoms with Crippen molar-refractivity contribution in [3.05, 3.63) is 36.3 Å². The fraction of sp³-hybridized carbons (Fsp3) is 0.636. The third-order valence-corrected chi connectivity index (χ3v) is 9.20. The highest BCUT2D eigenvalue weighted by Gasteiger charge is 2.48. The number of piperidine rings is 2. The number of hydrogen-bond donors (Lipinski definition) is 0. The van der Waals surface area contributed by atoms with Gasteiger partial charge in [-0.2, -0.15) is 9.40 Å². The van der Waals surface area contributed by atoms with Crippen molar-refractivity contribution in [3.8, 4) is 5.82 Å². The average molecular weight is 430 g/mol. The predicted octanol–water partition coefficient (Wildman–Crippen LogP) is 2.99. The molecule has 3 aliphatic heterocycles. The molecule has 3 fully saturated rings. The number of likely N-dealkylation sites (tertiary alicyclic amines) is 1. The minimum absolute atomic E-state index is 0.110. The monoisotopic (exact) mass is 429 g/mol. The highest BCUT2D eigenvalue weighted by Crippen LogP contribution is 2.41. The van der Waals surface area contributed by atoms with Crippen LogP contribution in [0.2, 0.25) is 0 Å². The quantitative estimate of drug-likeness (QED) is 0.747. The molecule has 5 heterocycles. The molecule has 0 saturated carbocycles. The van der Waals surface area contributed by atoms with Gasteiger partial charge in [-0.3, -0.25) is 0 Å². The summed E-state index contributed by atoms with van der Waals surface area (Å²) in [6, 6.07) is 4.56. The van der Waals surface area contributed by atoms with Crippen molar-refractivity contribution < 1.29 is 8.42 Å².